The molecular formula is C24H28ClFO7. The summed E-state index contributed by atoms with van der Waals surface area (Å²) >= 11 is 5.74. The van der Waals surface area contributed by atoms with Gasteiger partial charge in [-0.05, 0) is 62.8 Å². The molecule has 0 aromatic rings. The van der Waals surface area contributed by atoms with Gasteiger partial charge in [0.2, 0.25) is 5.24 Å². The van der Waals surface area contributed by atoms with Crippen molar-refractivity contribution in [3.05, 3.63) is 23.8 Å². The summed E-state index contributed by atoms with van der Waals surface area (Å²) in [6.45, 7) is 4.97. The molecule has 0 spiro atoms. The predicted molar refractivity (Wildman–Crippen MR) is 115 cm³/mol. The molecule has 0 unspecified atom stereocenters. The van der Waals surface area contributed by atoms with Crippen LogP contribution in [0.5, 0.6) is 0 Å². The molecule has 0 saturated heterocycles. The third kappa shape index (κ3) is 3.16. The van der Waals surface area contributed by atoms with Gasteiger partial charge >= 0.3 is 6.16 Å². The van der Waals surface area contributed by atoms with Crippen molar-refractivity contribution in [2.24, 2.45) is 22.7 Å². The van der Waals surface area contributed by atoms with Gasteiger partial charge in [0.05, 0.1) is 24.5 Å². The first kappa shape index (κ1) is 24.1. The highest BCUT2D eigenvalue weighted by atomic mass is 35.5. The van der Waals surface area contributed by atoms with Gasteiger partial charge in [0.15, 0.2) is 17.2 Å². The summed E-state index contributed by atoms with van der Waals surface area (Å²) < 4.78 is 27.8. The molecule has 4 aliphatic rings. The van der Waals surface area contributed by atoms with Crippen LogP contribution in [0.4, 0.5) is 9.18 Å². The minimum atomic E-state index is -2.22. The maximum absolute atomic E-state index is 17.1. The van der Waals surface area contributed by atoms with E-state index in [-0.39, 0.29) is 43.6 Å². The number of aliphatic hydroxyl groups excluding tert-OH is 1. The Kier molecular flexibility index (Phi) is 5.64. The van der Waals surface area contributed by atoms with Gasteiger partial charge in [0, 0.05) is 23.3 Å². The molecule has 0 aromatic heterocycles. The van der Waals surface area contributed by atoms with Crippen LogP contribution in [-0.2, 0) is 23.9 Å². The largest absolute Gasteiger partial charge is 0.508 e. The average Bonchev–Trinajstić information content (AvgIpc) is 2.97. The van der Waals surface area contributed by atoms with Crippen LogP contribution in [0, 0.1) is 22.7 Å². The van der Waals surface area contributed by atoms with Crippen LogP contribution >= 0.6 is 11.6 Å². The number of Topliss-reactive ketones (excluding diaryl/α,β-unsaturated/α-hetero) is 1. The van der Waals surface area contributed by atoms with E-state index in [0.29, 0.717) is 6.42 Å². The fraction of sp³-hybridized carbons (Fsp3) is 0.667. The fourth-order valence-electron chi connectivity index (χ4n) is 7.14. The molecule has 7 nitrogen and oxygen atoms in total. The Morgan fingerprint density at radius 3 is 2.61 bits per heavy atom. The van der Waals surface area contributed by atoms with Crippen LogP contribution in [0.1, 0.15) is 52.9 Å². The van der Waals surface area contributed by atoms with E-state index in [4.69, 9.17) is 21.1 Å². The summed E-state index contributed by atoms with van der Waals surface area (Å²) in [5.74, 6) is -2.12. The predicted octanol–water partition coefficient (Wildman–Crippen LogP) is 3.60. The maximum Gasteiger partial charge on any atom is 0.508 e. The van der Waals surface area contributed by atoms with Gasteiger partial charge in [-0.15, -0.1) is 0 Å². The van der Waals surface area contributed by atoms with Crippen molar-refractivity contribution in [1.29, 1.82) is 0 Å². The Balaban J connectivity index is 1.81. The molecule has 3 saturated carbocycles. The molecule has 0 aliphatic heterocycles. The van der Waals surface area contributed by atoms with Gasteiger partial charge in [-0.2, -0.15) is 0 Å². The van der Waals surface area contributed by atoms with Gasteiger partial charge in [0.1, 0.15) is 5.60 Å². The normalized spacial score (nSPS) is 43.8. The molecule has 0 amide bonds. The summed E-state index contributed by atoms with van der Waals surface area (Å²) in [6, 6.07) is 0. The van der Waals surface area contributed by atoms with Crippen LogP contribution in [-0.4, -0.2) is 52.1 Å². The number of allylic oxidation sites excluding steroid dienone is 4. The summed E-state index contributed by atoms with van der Waals surface area (Å²) in [5, 5.41) is 10.6. The van der Waals surface area contributed by atoms with E-state index in [1.807, 2.05) is 0 Å². The van der Waals surface area contributed by atoms with Gasteiger partial charge < -0.3 is 14.6 Å². The van der Waals surface area contributed by atoms with Crippen LogP contribution in [0.2, 0.25) is 0 Å². The highest BCUT2D eigenvalue weighted by molar-refractivity contribution is 6.63. The molecule has 9 heteroatoms. The molecule has 4 aliphatic carbocycles. The smallest absolute Gasteiger partial charge is 0.435 e. The Hall–Kier alpha value is -2.06. The van der Waals surface area contributed by atoms with Crippen LogP contribution in [0.25, 0.3) is 0 Å². The van der Waals surface area contributed by atoms with Crippen molar-refractivity contribution in [3.63, 3.8) is 0 Å². The first-order valence-corrected chi connectivity index (χ1v) is 11.6. The Morgan fingerprint density at radius 1 is 1.27 bits per heavy atom. The van der Waals surface area contributed by atoms with E-state index < -0.39 is 57.2 Å². The third-order valence-electron chi connectivity index (χ3n) is 8.74. The maximum atomic E-state index is 17.1. The standard InChI is InChI=1S/C24H28ClFO7/c1-4-32-20(31)33-23(12-19(25)30)8-6-14-15-10-17(28)16-9-13(27)5-7-21(16,2)24(15,26)18(29)11-22(14,23)3/h5,7,9,14-15,18,29H,4,6,8,10-12H2,1-3H3/t14-,15-,18-,21-,22-,23-,24-/m0/s1. The summed E-state index contributed by atoms with van der Waals surface area (Å²) in [4.78, 5) is 49.3. The van der Waals surface area contributed by atoms with Crippen molar-refractivity contribution in [2.75, 3.05) is 6.61 Å². The summed E-state index contributed by atoms with van der Waals surface area (Å²) in [5.41, 5.74) is -6.06. The lowest BCUT2D eigenvalue weighted by atomic mass is 9.44. The lowest BCUT2D eigenvalue weighted by Gasteiger charge is -2.62. The number of halogens is 2. The van der Waals surface area contributed by atoms with E-state index in [1.165, 1.54) is 19.1 Å². The monoisotopic (exact) mass is 482 g/mol. The van der Waals surface area contributed by atoms with E-state index in [0.717, 1.165) is 6.08 Å². The lowest BCUT2D eigenvalue weighted by Crippen LogP contribution is -2.69. The Labute approximate surface area is 196 Å². The number of carbonyl (C=O) groups is 4. The molecule has 7 atom stereocenters. The van der Waals surface area contributed by atoms with Crippen molar-refractivity contribution in [3.8, 4) is 0 Å². The zero-order valence-corrected chi connectivity index (χ0v) is 19.6. The van der Waals surface area contributed by atoms with Crippen LogP contribution < -0.4 is 0 Å². The number of ether oxygens (including phenoxy) is 2. The Bertz CT molecular complexity index is 991. The van der Waals surface area contributed by atoms with Crippen LogP contribution in [0.15, 0.2) is 23.8 Å². The number of ketones is 2. The number of aliphatic hydroxyl groups is 1. The SMILES string of the molecule is CCOC(=O)O[C@]1(CC(=O)Cl)CC[C@H]2[C@@H]3CC(=O)C4=CC(=O)C=C[C@]4(C)[C@@]3(F)[C@@H](O)C[C@@]21C. The second-order valence-corrected chi connectivity index (χ2v) is 10.5. The molecule has 0 heterocycles. The molecule has 180 valence electrons. The van der Waals surface area contributed by atoms with E-state index in [1.54, 1.807) is 13.8 Å². The number of hydrogen-bond donors (Lipinski definition) is 1. The van der Waals surface area contributed by atoms with Crippen molar-refractivity contribution >= 4 is 34.6 Å². The zero-order chi connectivity index (χ0) is 24.4. The Morgan fingerprint density at radius 2 is 1.97 bits per heavy atom. The quantitative estimate of drug-likeness (QED) is 0.481. The fourth-order valence-corrected chi connectivity index (χ4v) is 7.36. The van der Waals surface area contributed by atoms with E-state index in [9.17, 15) is 24.3 Å². The van der Waals surface area contributed by atoms with Crippen molar-refractivity contribution in [1.82, 2.24) is 0 Å². The number of carbonyl (C=O) groups excluding carboxylic acids is 4. The van der Waals surface area contributed by atoms with E-state index in [2.05, 4.69) is 0 Å². The summed E-state index contributed by atoms with van der Waals surface area (Å²) in [6.07, 6.45) is 1.23. The summed E-state index contributed by atoms with van der Waals surface area (Å²) in [7, 11) is 0. The first-order chi connectivity index (χ1) is 15.3. The van der Waals surface area contributed by atoms with Crippen LogP contribution in [0.3, 0.4) is 0 Å². The molecule has 0 aromatic carbocycles. The van der Waals surface area contributed by atoms with Gasteiger partial charge in [-0.1, -0.05) is 13.0 Å². The molecule has 0 bridgehead atoms. The second kappa shape index (κ2) is 7.73. The second-order valence-electron chi connectivity index (χ2n) is 10.1. The minimum Gasteiger partial charge on any atom is -0.435 e. The number of rotatable bonds is 4. The topological polar surface area (TPSA) is 107 Å². The van der Waals surface area contributed by atoms with Gasteiger partial charge in [-0.3, -0.25) is 14.4 Å². The molecule has 4 rings (SSSR count). The minimum absolute atomic E-state index is 0.0652. The zero-order valence-electron chi connectivity index (χ0n) is 18.9. The van der Waals surface area contributed by atoms with Crippen molar-refractivity contribution in [2.45, 2.75) is 70.2 Å². The van der Waals surface area contributed by atoms with E-state index >= 15 is 4.39 Å². The number of fused-ring (bicyclic) bond motifs is 5. The highest BCUT2D eigenvalue weighted by Crippen LogP contribution is 2.70. The molecular weight excluding hydrogens is 455 g/mol. The molecule has 1 N–H and O–H groups in total. The third-order valence-corrected chi connectivity index (χ3v) is 8.87. The van der Waals surface area contributed by atoms with Crippen molar-refractivity contribution < 1.29 is 38.1 Å². The van der Waals surface area contributed by atoms with Gasteiger partial charge in [0.25, 0.3) is 0 Å². The number of alkyl halides is 1. The average molecular weight is 483 g/mol. The molecule has 0 radical (unpaired) electrons. The number of hydrogen-bond acceptors (Lipinski definition) is 7. The molecule has 33 heavy (non-hydrogen) atoms. The highest BCUT2D eigenvalue weighted by Gasteiger charge is 2.75. The van der Waals surface area contributed by atoms with Gasteiger partial charge in [-0.25, -0.2) is 9.18 Å². The lowest BCUT2D eigenvalue weighted by molar-refractivity contribution is -0.219. The molecule has 3 fully saturated rings. The first-order valence-electron chi connectivity index (χ1n) is 11.2.